The summed E-state index contributed by atoms with van der Waals surface area (Å²) in [6.07, 6.45) is -0.686. The van der Waals surface area contributed by atoms with E-state index in [9.17, 15) is 15.0 Å². The number of hydrogen-bond acceptors (Lipinski definition) is 6. The molecule has 1 spiro atoms. The van der Waals surface area contributed by atoms with Gasteiger partial charge >= 0.3 is 0 Å². The number of methoxy groups -OCH3 is 1. The number of rotatable bonds is 1. The lowest BCUT2D eigenvalue weighted by Crippen LogP contribution is -2.80. The van der Waals surface area contributed by atoms with Crippen molar-refractivity contribution < 1.29 is 24.5 Å². The van der Waals surface area contributed by atoms with Gasteiger partial charge in [-0.05, 0) is 38.1 Å². The number of benzene rings is 1. The Morgan fingerprint density at radius 1 is 1.38 bits per heavy atom. The smallest absolute Gasteiger partial charge is 0.177 e. The van der Waals surface area contributed by atoms with Gasteiger partial charge in [-0.2, -0.15) is 0 Å². The van der Waals surface area contributed by atoms with Gasteiger partial charge in [0.1, 0.15) is 5.60 Å². The van der Waals surface area contributed by atoms with Crippen LogP contribution in [0, 0.1) is 0 Å². The van der Waals surface area contributed by atoms with Crippen LogP contribution < -0.4 is 9.47 Å². The van der Waals surface area contributed by atoms with Crippen molar-refractivity contribution in [3.8, 4) is 11.5 Å². The highest BCUT2D eigenvalue weighted by Gasteiger charge is 2.75. The monoisotopic (exact) mass is 331 g/mol. The minimum Gasteiger partial charge on any atom is -0.493 e. The minimum atomic E-state index is -1.39. The minimum absolute atomic E-state index is 0.0705. The average molecular weight is 331 g/mol. The number of likely N-dealkylation sites (N-methyl/N-ethyl adjacent to an activating group) is 1. The zero-order chi connectivity index (χ0) is 16.9. The summed E-state index contributed by atoms with van der Waals surface area (Å²) in [5.74, 6) is 1.02. The molecule has 2 N–H and O–H groups in total. The molecule has 1 aromatic rings. The Bertz CT molecular complexity index is 764. The molecule has 128 valence electrons. The molecule has 1 aromatic carbocycles. The van der Waals surface area contributed by atoms with Crippen molar-refractivity contribution >= 4 is 5.78 Å². The van der Waals surface area contributed by atoms with Crippen LogP contribution in [0.4, 0.5) is 0 Å². The molecular weight excluding hydrogens is 310 g/mol. The van der Waals surface area contributed by atoms with Gasteiger partial charge in [0.25, 0.3) is 0 Å². The molecule has 6 nitrogen and oxygen atoms in total. The number of aliphatic hydroxyl groups is 2. The van der Waals surface area contributed by atoms with Gasteiger partial charge in [-0.25, -0.2) is 0 Å². The number of piperidine rings is 1. The number of nitrogens with zero attached hydrogens (tertiary/aromatic N) is 1. The second-order valence-corrected chi connectivity index (χ2v) is 7.56. The van der Waals surface area contributed by atoms with Crippen LogP contribution in [0.2, 0.25) is 0 Å². The van der Waals surface area contributed by atoms with E-state index in [1.54, 1.807) is 7.11 Å². The lowest BCUT2D eigenvalue weighted by atomic mass is 9.48. The van der Waals surface area contributed by atoms with Crippen LogP contribution in [0.25, 0.3) is 0 Å². The van der Waals surface area contributed by atoms with E-state index in [0.717, 1.165) is 17.7 Å². The van der Waals surface area contributed by atoms with Gasteiger partial charge in [0.15, 0.2) is 23.4 Å². The maximum atomic E-state index is 12.7. The summed E-state index contributed by atoms with van der Waals surface area (Å²) in [7, 11) is 3.54. The van der Waals surface area contributed by atoms with Gasteiger partial charge in [0.05, 0.1) is 18.6 Å². The van der Waals surface area contributed by atoms with Crippen LogP contribution in [-0.4, -0.2) is 65.4 Å². The number of carbonyl (C=O) groups excluding carboxylic acids is 1. The summed E-state index contributed by atoms with van der Waals surface area (Å²) in [5, 5.41) is 22.5. The van der Waals surface area contributed by atoms with Crippen LogP contribution >= 0.6 is 0 Å². The lowest BCUT2D eigenvalue weighted by molar-refractivity contribution is -0.226. The molecule has 0 radical (unpaired) electrons. The first-order valence-corrected chi connectivity index (χ1v) is 8.45. The third-order valence-corrected chi connectivity index (χ3v) is 6.78. The Labute approximate surface area is 140 Å². The summed E-state index contributed by atoms with van der Waals surface area (Å²) in [4.78, 5) is 14.8. The summed E-state index contributed by atoms with van der Waals surface area (Å²) in [5.41, 5.74) is -0.304. The van der Waals surface area contributed by atoms with Crippen molar-refractivity contribution in [1.82, 2.24) is 4.90 Å². The summed E-state index contributed by atoms with van der Waals surface area (Å²) < 4.78 is 11.5. The molecule has 5 rings (SSSR count). The second-order valence-electron chi connectivity index (χ2n) is 7.56. The SMILES string of the molecule is COc1ccc2c3c1OC1C(=O)C[C@H](O)[C@@]4(O)[C@@H](C2)N(C)CC[C@]314. The number of hydrogen-bond donors (Lipinski definition) is 2. The van der Waals surface area contributed by atoms with E-state index in [0.29, 0.717) is 24.3 Å². The Balaban J connectivity index is 1.87. The molecule has 4 aliphatic rings. The average Bonchev–Trinajstić information content (AvgIpc) is 2.91. The third kappa shape index (κ3) is 1.31. The number of aliphatic hydroxyl groups excluding tert-OH is 1. The standard InChI is InChI=1S/C18H21NO5/c1-19-6-5-17-14-9-3-4-11(23-2)15(14)24-16(17)10(20)8-13(21)18(17,22)12(19)7-9/h3-4,12-13,16,21-22H,5-8H2,1-2H3/t12-,13+,16?,17+,18+/m1/s1. The van der Waals surface area contributed by atoms with Gasteiger partial charge in [-0.15, -0.1) is 0 Å². The van der Waals surface area contributed by atoms with Crippen molar-refractivity contribution in [1.29, 1.82) is 0 Å². The maximum Gasteiger partial charge on any atom is 0.177 e. The van der Waals surface area contributed by atoms with Crippen molar-refractivity contribution in [2.24, 2.45) is 0 Å². The van der Waals surface area contributed by atoms with E-state index in [4.69, 9.17) is 9.47 Å². The Hall–Kier alpha value is -1.63. The molecule has 1 saturated heterocycles. The van der Waals surface area contributed by atoms with E-state index in [2.05, 4.69) is 4.90 Å². The topological polar surface area (TPSA) is 79.2 Å². The van der Waals surface area contributed by atoms with E-state index < -0.39 is 23.2 Å². The molecule has 2 bridgehead atoms. The molecule has 1 unspecified atom stereocenters. The van der Waals surface area contributed by atoms with Crippen LogP contribution in [0.1, 0.15) is 24.0 Å². The fourth-order valence-electron chi connectivity index (χ4n) is 5.73. The number of ketones is 1. The van der Waals surface area contributed by atoms with Gasteiger partial charge in [0.2, 0.25) is 0 Å². The number of ether oxygens (including phenoxy) is 2. The molecule has 1 saturated carbocycles. The fourth-order valence-corrected chi connectivity index (χ4v) is 5.73. The zero-order valence-corrected chi connectivity index (χ0v) is 13.8. The highest BCUT2D eigenvalue weighted by atomic mass is 16.5. The molecule has 2 heterocycles. The van der Waals surface area contributed by atoms with E-state index in [-0.39, 0.29) is 18.2 Å². The van der Waals surface area contributed by atoms with Crippen molar-refractivity contribution in [2.45, 2.75) is 48.5 Å². The van der Waals surface area contributed by atoms with Gasteiger partial charge < -0.3 is 24.6 Å². The van der Waals surface area contributed by atoms with E-state index in [1.807, 2.05) is 19.2 Å². The molecular formula is C18H21NO5. The van der Waals surface area contributed by atoms with Crippen molar-refractivity contribution in [3.63, 3.8) is 0 Å². The molecule has 2 aliphatic carbocycles. The summed E-state index contributed by atoms with van der Waals surface area (Å²) >= 11 is 0. The fraction of sp³-hybridized carbons (Fsp3) is 0.611. The molecule has 2 aliphatic heterocycles. The quantitative estimate of drug-likeness (QED) is 0.755. The third-order valence-electron chi connectivity index (χ3n) is 6.78. The largest absolute Gasteiger partial charge is 0.493 e. The van der Waals surface area contributed by atoms with Crippen LogP contribution in [-0.2, 0) is 16.6 Å². The number of likely N-dealkylation sites (tertiary alicyclic amines) is 1. The number of carbonyl (C=O) groups is 1. The molecule has 24 heavy (non-hydrogen) atoms. The van der Waals surface area contributed by atoms with Gasteiger partial charge in [0, 0.05) is 18.0 Å². The molecule has 0 amide bonds. The maximum absolute atomic E-state index is 12.7. The first-order chi connectivity index (χ1) is 11.4. The predicted octanol–water partition coefficient (Wildman–Crippen LogP) is 0.0190. The van der Waals surface area contributed by atoms with Crippen molar-refractivity contribution in [3.05, 3.63) is 23.3 Å². The predicted molar refractivity (Wildman–Crippen MR) is 84.4 cm³/mol. The van der Waals surface area contributed by atoms with Crippen LogP contribution in [0.15, 0.2) is 12.1 Å². The lowest BCUT2D eigenvalue weighted by Gasteiger charge is -2.63. The summed E-state index contributed by atoms with van der Waals surface area (Å²) in [6.45, 7) is 0.753. The Kier molecular flexibility index (Phi) is 2.64. The van der Waals surface area contributed by atoms with E-state index >= 15 is 0 Å². The summed E-state index contributed by atoms with van der Waals surface area (Å²) in [6, 6.07) is 3.64. The first-order valence-electron chi connectivity index (χ1n) is 8.45. The Morgan fingerprint density at radius 2 is 2.17 bits per heavy atom. The molecule has 2 fully saturated rings. The zero-order valence-electron chi connectivity index (χ0n) is 13.8. The number of Topliss-reactive ketones (excluding diaryl/α,β-unsaturated/α-hetero) is 1. The first kappa shape index (κ1) is 14.7. The van der Waals surface area contributed by atoms with Crippen LogP contribution in [0.5, 0.6) is 11.5 Å². The van der Waals surface area contributed by atoms with E-state index in [1.165, 1.54) is 0 Å². The van der Waals surface area contributed by atoms with Gasteiger partial charge in [-0.1, -0.05) is 6.07 Å². The highest BCUT2D eigenvalue weighted by molar-refractivity contribution is 5.90. The van der Waals surface area contributed by atoms with Crippen molar-refractivity contribution in [2.75, 3.05) is 20.7 Å². The van der Waals surface area contributed by atoms with Gasteiger partial charge in [-0.3, -0.25) is 4.79 Å². The molecule has 0 aromatic heterocycles. The molecule has 5 atom stereocenters. The Morgan fingerprint density at radius 3 is 2.92 bits per heavy atom. The second kappa shape index (κ2) is 4.31. The molecule has 6 heteroatoms. The normalized spacial score (nSPS) is 42.5. The van der Waals surface area contributed by atoms with Crippen LogP contribution in [0.3, 0.4) is 0 Å². The highest BCUT2D eigenvalue weighted by Crippen LogP contribution is 2.64.